The van der Waals surface area contributed by atoms with Gasteiger partial charge >= 0.3 is 5.97 Å². The van der Waals surface area contributed by atoms with Crippen LogP contribution in [0.25, 0.3) is 0 Å². The van der Waals surface area contributed by atoms with Crippen molar-refractivity contribution in [1.29, 1.82) is 0 Å². The number of unbranched alkanes of at least 4 members (excludes halogenated alkanes) is 3. The minimum absolute atomic E-state index is 0.0610. The zero-order valence-electron chi connectivity index (χ0n) is 12.0. The minimum Gasteiger partial charge on any atom is -0.481 e. The van der Waals surface area contributed by atoms with Gasteiger partial charge in [0.2, 0.25) is 5.91 Å². The molecule has 1 amide bonds. The molecule has 0 aromatic heterocycles. The number of piperidine rings is 1. The third kappa shape index (κ3) is 8.87. The van der Waals surface area contributed by atoms with Crippen molar-refractivity contribution in [3.8, 4) is 0 Å². The van der Waals surface area contributed by atoms with Crippen LogP contribution in [0.2, 0.25) is 0 Å². The normalized spacial score (nSPS) is 16.0. The average molecular weight is 286 g/mol. The van der Waals surface area contributed by atoms with E-state index in [0.29, 0.717) is 13.0 Å². The number of amides is 1. The van der Waals surface area contributed by atoms with Crippen LogP contribution in [0.5, 0.6) is 0 Å². The summed E-state index contributed by atoms with van der Waals surface area (Å²) in [5.41, 5.74) is 0. The first-order chi connectivity index (χ1) is 9.68. The molecule has 1 aliphatic rings. The van der Waals surface area contributed by atoms with Gasteiger partial charge in [-0.2, -0.15) is 0 Å². The van der Waals surface area contributed by atoms with Crippen molar-refractivity contribution in [3.63, 3.8) is 0 Å². The maximum Gasteiger partial charge on any atom is 0.303 e. The van der Waals surface area contributed by atoms with Crippen LogP contribution in [-0.2, 0) is 14.3 Å². The van der Waals surface area contributed by atoms with Gasteiger partial charge in [0, 0.05) is 13.0 Å². The molecule has 116 valence electrons. The Hall–Kier alpha value is -1.14. The molecule has 0 aromatic rings. The van der Waals surface area contributed by atoms with Crippen molar-refractivity contribution >= 4 is 11.9 Å². The molecule has 3 N–H and O–H groups in total. The molecule has 0 saturated carbocycles. The molecule has 1 fully saturated rings. The minimum atomic E-state index is -0.742. The second-order valence-corrected chi connectivity index (χ2v) is 5.17. The number of carboxylic acids is 1. The summed E-state index contributed by atoms with van der Waals surface area (Å²) < 4.78 is 5.55. The lowest BCUT2D eigenvalue weighted by molar-refractivity contribution is -0.137. The Labute approximate surface area is 120 Å². The Morgan fingerprint density at radius 3 is 2.55 bits per heavy atom. The van der Waals surface area contributed by atoms with Crippen LogP contribution in [-0.4, -0.2) is 49.3 Å². The van der Waals surface area contributed by atoms with Gasteiger partial charge in [-0.1, -0.05) is 12.8 Å². The molecular formula is C14H26N2O4. The highest BCUT2D eigenvalue weighted by atomic mass is 16.5. The SMILES string of the molecule is O=C(O)CCCCCCNC(=O)COC1CCNCC1. The van der Waals surface area contributed by atoms with Gasteiger partial charge in [-0.15, -0.1) is 0 Å². The Kier molecular flexibility index (Phi) is 8.98. The summed E-state index contributed by atoms with van der Waals surface area (Å²) in [6.45, 7) is 2.70. The first kappa shape index (κ1) is 16.9. The molecule has 0 spiro atoms. The molecule has 1 aliphatic heterocycles. The molecular weight excluding hydrogens is 260 g/mol. The molecule has 6 heteroatoms. The summed E-state index contributed by atoms with van der Waals surface area (Å²) in [6.07, 6.45) is 5.82. The standard InChI is InChI=1S/C14H26N2O4/c17-13(11-20-12-6-9-15-10-7-12)16-8-4-2-1-3-5-14(18)19/h12,15H,1-11H2,(H,16,17)(H,18,19). The fourth-order valence-corrected chi connectivity index (χ4v) is 2.19. The van der Waals surface area contributed by atoms with E-state index in [-0.39, 0.29) is 25.0 Å². The van der Waals surface area contributed by atoms with Crippen LogP contribution in [0.4, 0.5) is 0 Å². The zero-order valence-corrected chi connectivity index (χ0v) is 12.0. The number of carbonyl (C=O) groups is 2. The molecule has 1 heterocycles. The molecule has 1 saturated heterocycles. The second-order valence-electron chi connectivity index (χ2n) is 5.17. The maximum absolute atomic E-state index is 11.5. The lowest BCUT2D eigenvalue weighted by Crippen LogP contribution is -2.36. The smallest absolute Gasteiger partial charge is 0.303 e. The number of aliphatic carboxylic acids is 1. The number of rotatable bonds is 10. The van der Waals surface area contributed by atoms with Gasteiger partial charge in [0.25, 0.3) is 0 Å². The van der Waals surface area contributed by atoms with Crippen molar-refractivity contribution in [2.75, 3.05) is 26.2 Å². The van der Waals surface area contributed by atoms with Gasteiger partial charge in [-0.3, -0.25) is 9.59 Å². The average Bonchev–Trinajstić information content (AvgIpc) is 2.45. The van der Waals surface area contributed by atoms with E-state index in [0.717, 1.165) is 45.2 Å². The molecule has 0 atom stereocenters. The van der Waals surface area contributed by atoms with Crippen molar-refractivity contribution in [3.05, 3.63) is 0 Å². The molecule has 0 aliphatic carbocycles. The van der Waals surface area contributed by atoms with Crippen LogP contribution < -0.4 is 10.6 Å². The van der Waals surface area contributed by atoms with Gasteiger partial charge in [0.05, 0.1) is 6.10 Å². The number of carbonyl (C=O) groups excluding carboxylic acids is 1. The molecule has 0 unspecified atom stereocenters. The van der Waals surface area contributed by atoms with Crippen LogP contribution in [0, 0.1) is 0 Å². The molecule has 0 radical (unpaired) electrons. The van der Waals surface area contributed by atoms with Crippen LogP contribution in [0.1, 0.15) is 44.9 Å². The lowest BCUT2D eigenvalue weighted by atomic mass is 10.1. The first-order valence-corrected chi connectivity index (χ1v) is 7.49. The number of hydrogen-bond donors (Lipinski definition) is 3. The van der Waals surface area contributed by atoms with E-state index < -0.39 is 5.97 Å². The van der Waals surface area contributed by atoms with Crippen molar-refractivity contribution in [1.82, 2.24) is 10.6 Å². The van der Waals surface area contributed by atoms with Crippen LogP contribution in [0.15, 0.2) is 0 Å². The van der Waals surface area contributed by atoms with Crippen molar-refractivity contribution in [2.45, 2.75) is 51.0 Å². The van der Waals surface area contributed by atoms with Gasteiger partial charge in [-0.05, 0) is 38.8 Å². The Bertz CT molecular complexity index is 291. The van der Waals surface area contributed by atoms with E-state index in [1.54, 1.807) is 0 Å². The zero-order chi connectivity index (χ0) is 14.6. The van der Waals surface area contributed by atoms with E-state index in [9.17, 15) is 9.59 Å². The number of carboxylic acid groups (broad SMARTS) is 1. The van der Waals surface area contributed by atoms with E-state index in [2.05, 4.69) is 10.6 Å². The molecule has 20 heavy (non-hydrogen) atoms. The highest BCUT2D eigenvalue weighted by Crippen LogP contribution is 2.06. The van der Waals surface area contributed by atoms with Crippen LogP contribution >= 0.6 is 0 Å². The quantitative estimate of drug-likeness (QED) is 0.519. The molecule has 6 nitrogen and oxygen atoms in total. The third-order valence-electron chi connectivity index (χ3n) is 3.38. The summed E-state index contributed by atoms with van der Waals surface area (Å²) in [7, 11) is 0. The van der Waals surface area contributed by atoms with E-state index in [1.807, 2.05) is 0 Å². The second kappa shape index (κ2) is 10.6. The fourth-order valence-electron chi connectivity index (χ4n) is 2.19. The van der Waals surface area contributed by atoms with Gasteiger partial charge in [0.1, 0.15) is 6.61 Å². The molecule has 0 aromatic carbocycles. The van der Waals surface area contributed by atoms with E-state index >= 15 is 0 Å². The Morgan fingerprint density at radius 2 is 1.85 bits per heavy atom. The summed E-state index contributed by atoms with van der Waals surface area (Å²) in [4.78, 5) is 21.8. The lowest BCUT2D eigenvalue weighted by Gasteiger charge is -2.22. The Balaban J connectivity index is 1.88. The summed E-state index contributed by atoms with van der Waals surface area (Å²) in [6, 6.07) is 0. The summed E-state index contributed by atoms with van der Waals surface area (Å²) in [5.74, 6) is -0.803. The number of nitrogens with one attached hydrogen (secondary N) is 2. The van der Waals surface area contributed by atoms with E-state index in [4.69, 9.17) is 9.84 Å². The predicted octanol–water partition coefficient (Wildman–Crippen LogP) is 0.906. The number of ether oxygens (including phenoxy) is 1. The van der Waals surface area contributed by atoms with Gasteiger partial charge < -0.3 is 20.5 Å². The summed E-state index contributed by atoms with van der Waals surface area (Å²) >= 11 is 0. The number of hydrogen-bond acceptors (Lipinski definition) is 4. The highest BCUT2D eigenvalue weighted by molar-refractivity contribution is 5.77. The first-order valence-electron chi connectivity index (χ1n) is 7.49. The Morgan fingerprint density at radius 1 is 1.15 bits per heavy atom. The van der Waals surface area contributed by atoms with Crippen LogP contribution in [0.3, 0.4) is 0 Å². The molecule has 1 rings (SSSR count). The van der Waals surface area contributed by atoms with Crippen molar-refractivity contribution < 1.29 is 19.4 Å². The fraction of sp³-hybridized carbons (Fsp3) is 0.857. The topological polar surface area (TPSA) is 87.7 Å². The maximum atomic E-state index is 11.5. The largest absolute Gasteiger partial charge is 0.481 e. The van der Waals surface area contributed by atoms with Gasteiger partial charge in [-0.25, -0.2) is 0 Å². The van der Waals surface area contributed by atoms with E-state index in [1.165, 1.54) is 0 Å². The van der Waals surface area contributed by atoms with Gasteiger partial charge in [0.15, 0.2) is 0 Å². The van der Waals surface area contributed by atoms with Crippen molar-refractivity contribution in [2.24, 2.45) is 0 Å². The highest BCUT2D eigenvalue weighted by Gasteiger charge is 2.14. The summed E-state index contributed by atoms with van der Waals surface area (Å²) in [5, 5.41) is 14.6. The molecule has 0 bridgehead atoms. The monoisotopic (exact) mass is 286 g/mol. The third-order valence-corrected chi connectivity index (χ3v) is 3.38. The predicted molar refractivity (Wildman–Crippen MR) is 75.6 cm³/mol.